The number of nitrogen functional groups attached to an aromatic ring is 1. The Bertz CT molecular complexity index is 1270. The molecule has 0 amide bonds. The SMILES string of the molecule is Nc1ccc(/N=N/c2cc(C(=O)O)cc(C(=O)O)c2)c2ccc(S(=O)(=O)O)cc12. The molecule has 0 fully saturated rings. The van der Waals surface area contributed by atoms with E-state index < -0.39 is 22.1 Å². The number of anilines is 1. The summed E-state index contributed by atoms with van der Waals surface area (Å²) >= 11 is 0. The molecule has 0 aliphatic heterocycles. The topological polar surface area (TPSA) is 180 Å². The molecular weight excluding hydrogens is 402 g/mol. The van der Waals surface area contributed by atoms with Crippen LogP contribution in [0, 0.1) is 0 Å². The van der Waals surface area contributed by atoms with Gasteiger partial charge in [-0.2, -0.15) is 13.5 Å². The highest BCUT2D eigenvalue weighted by Crippen LogP contribution is 2.33. The van der Waals surface area contributed by atoms with Crippen molar-refractivity contribution < 1.29 is 32.8 Å². The fourth-order valence-corrected chi connectivity index (χ4v) is 3.12. The first-order valence-corrected chi connectivity index (χ1v) is 9.33. The number of carboxylic acid groups (broad SMARTS) is 2. The van der Waals surface area contributed by atoms with E-state index in [0.717, 1.165) is 18.2 Å². The van der Waals surface area contributed by atoms with Crippen molar-refractivity contribution >= 4 is 49.9 Å². The maximum atomic E-state index is 11.3. The molecular formula is C18H13N3O7S. The van der Waals surface area contributed by atoms with Crippen LogP contribution >= 0.6 is 0 Å². The molecule has 0 radical (unpaired) electrons. The molecule has 0 aliphatic carbocycles. The van der Waals surface area contributed by atoms with E-state index >= 15 is 0 Å². The number of carboxylic acids is 2. The van der Waals surface area contributed by atoms with Crippen molar-refractivity contribution in [3.8, 4) is 0 Å². The number of carbonyl (C=O) groups is 2. The first kappa shape index (κ1) is 19.9. The lowest BCUT2D eigenvalue weighted by atomic mass is 10.1. The Kier molecular flexibility index (Phi) is 5.01. The van der Waals surface area contributed by atoms with Gasteiger partial charge < -0.3 is 15.9 Å². The number of nitrogens with two attached hydrogens (primary N) is 1. The highest BCUT2D eigenvalue weighted by molar-refractivity contribution is 7.85. The Morgan fingerprint density at radius 1 is 0.828 bits per heavy atom. The smallest absolute Gasteiger partial charge is 0.335 e. The van der Waals surface area contributed by atoms with Crippen molar-refractivity contribution in [1.82, 2.24) is 0 Å². The average Bonchev–Trinajstić information content (AvgIpc) is 2.66. The summed E-state index contributed by atoms with van der Waals surface area (Å²) < 4.78 is 31.9. The van der Waals surface area contributed by atoms with Gasteiger partial charge >= 0.3 is 11.9 Å². The monoisotopic (exact) mass is 415 g/mol. The highest BCUT2D eigenvalue weighted by Gasteiger charge is 2.14. The first-order valence-electron chi connectivity index (χ1n) is 7.89. The van der Waals surface area contributed by atoms with Crippen molar-refractivity contribution in [2.75, 3.05) is 5.73 Å². The third-order valence-corrected chi connectivity index (χ3v) is 4.83. The minimum absolute atomic E-state index is 0.00170. The first-order chi connectivity index (χ1) is 13.6. The maximum Gasteiger partial charge on any atom is 0.335 e. The van der Waals surface area contributed by atoms with E-state index in [1.165, 1.54) is 30.3 Å². The second kappa shape index (κ2) is 7.30. The summed E-state index contributed by atoms with van der Waals surface area (Å²) in [6, 6.07) is 10.0. The van der Waals surface area contributed by atoms with Crippen molar-refractivity contribution in [3.63, 3.8) is 0 Å². The van der Waals surface area contributed by atoms with Crippen LogP contribution in [0.4, 0.5) is 17.1 Å². The van der Waals surface area contributed by atoms with Crippen LogP contribution in [-0.4, -0.2) is 35.1 Å². The largest absolute Gasteiger partial charge is 0.478 e. The fraction of sp³-hybridized carbons (Fsp3) is 0. The number of azo groups is 1. The predicted molar refractivity (Wildman–Crippen MR) is 103 cm³/mol. The van der Waals surface area contributed by atoms with Gasteiger partial charge in [-0.1, -0.05) is 6.07 Å². The molecule has 0 unspecified atom stereocenters. The summed E-state index contributed by atoms with van der Waals surface area (Å²) in [5.41, 5.74) is 5.86. The molecule has 0 saturated carbocycles. The van der Waals surface area contributed by atoms with Gasteiger partial charge in [-0.05, 0) is 42.5 Å². The third-order valence-electron chi connectivity index (χ3n) is 3.98. The van der Waals surface area contributed by atoms with Gasteiger partial charge in [0.15, 0.2) is 0 Å². The van der Waals surface area contributed by atoms with Crippen LogP contribution < -0.4 is 5.73 Å². The number of nitrogens with zero attached hydrogens (tertiary/aromatic N) is 2. The van der Waals surface area contributed by atoms with Gasteiger partial charge in [0.05, 0.1) is 27.4 Å². The molecule has 3 rings (SSSR count). The van der Waals surface area contributed by atoms with Crippen molar-refractivity contribution in [1.29, 1.82) is 0 Å². The van der Waals surface area contributed by atoms with Crippen LogP contribution in [0.25, 0.3) is 10.8 Å². The third kappa shape index (κ3) is 4.20. The molecule has 0 atom stereocenters. The maximum absolute atomic E-state index is 11.3. The molecule has 0 heterocycles. The van der Waals surface area contributed by atoms with Gasteiger partial charge in [-0.3, -0.25) is 4.55 Å². The Hall–Kier alpha value is -3.83. The molecule has 5 N–H and O–H groups in total. The van der Waals surface area contributed by atoms with Crippen molar-refractivity contribution in [2.24, 2.45) is 10.2 Å². The minimum atomic E-state index is -4.43. The lowest BCUT2D eigenvalue weighted by molar-refractivity contribution is 0.0696. The number of hydrogen-bond acceptors (Lipinski definition) is 7. The number of aromatic carboxylic acids is 2. The molecule has 0 aromatic heterocycles. The lowest BCUT2D eigenvalue weighted by Gasteiger charge is -2.07. The molecule has 0 aliphatic rings. The Morgan fingerprint density at radius 3 is 2.00 bits per heavy atom. The summed E-state index contributed by atoms with van der Waals surface area (Å²) in [5.74, 6) is -2.64. The van der Waals surface area contributed by atoms with Gasteiger partial charge in [0.2, 0.25) is 0 Å². The van der Waals surface area contributed by atoms with Gasteiger partial charge in [-0.25, -0.2) is 9.59 Å². The molecule has 0 saturated heterocycles. The second-order valence-electron chi connectivity index (χ2n) is 5.94. The van der Waals surface area contributed by atoms with Crippen LogP contribution in [-0.2, 0) is 10.1 Å². The molecule has 3 aromatic carbocycles. The van der Waals surface area contributed by atoms with E-state index in [9.17, 15) is 22.6 Å². The lowest BCUT2D eigenvalue weighted by Crippen LogP contribution is -2.01. The van der Waals surface area contributed by atoms with Crippen LogP contribution in [0.15, 0.2) is 63.7 Å². The molecule has 10 nitrogen and oxygen atoms in total. The van der Waals surface area contributed by atoms with Gasteiger partial charge in [0.25, 0.3) is 10.1 Å². The number of benzene rings is 3. The van der Waals surface area contributed by atoms with Crippen molar-refractivity contribution in [2.45, 2.75) is 4.90 Å². The highest BCUT2D eigenvalue weighted by atomic mass is 32.2. The van der Waals surface area contributed by atoms with E-state index in [2.05, 4.69) is 10.2 Å². The summed E-state index contributed by atoms with van der Waals surface area (Å²) in [5, 5.41) is 26.9. The molecule has 148 valence electrons. The van der Waals surface area contributed by atoms with Gasteiger partial charge in [-0.15, -0.1) is 5.11 Å². The fourth-order valence-electron chi connectivity index (χ4n) is 2.61. The minimum Gasteiger partial charge on any atom is -0.478 e. The quantitative estimate of drug-likeness (QED) is 0.277. The summed E-state index contributed by atoms with van der Waals surface area (Å²) in [4.78, 5) is 22.0. The average molecular weight is 415 g/mol. The van der Waals surface area contributed by atoms with E-state index in [-0.39, 0.29) is 33.1 Å². The Morgan fingerprint density at radius 2 is 1.45 bits per heavy atom. The molecule has 0 bridgehead atoms. The molecule has 3 aromatic rings. The van der Waals surface area contributed by atoms with E-state index in [0.29, 0.717) is 10.8 Å². The van der Waals surface area contributed by atoms with Crippen LogP contribution in [0.3, 0.4) is 0 Å². The zero-order valence-corrected chi connectivity index (χ0v) is 15.3. The normalized spacial score (nSPS) is 11.8. The zero-order valence-electron chi connectivity index (χ0n) is 14.5. The summed E-state index contributed by atoms with van der Waals surface area (Å²) in [6.07, 6.45) is 0. The summed E-state index contributed by atoms with van der Waals surface area (Å²) in [7, 11) is -4.43. The molecule has 11 heteroatoms. The van der Waals surface area contributed by atoms with E-state index in [4.69, 9.17) is 15.9 Å². The van der Waals surface area contributed by atoms with E-state index in [1.54, 1.807) is 0 Å². The van der Waals surface area contributed by atoms with E-state index in [1.807, 2.05) is 0 Å². The van der Waals surface area contributed by atoms with Crippen LogP contribution in [0.1, 0.15) is 20.7 Å². The number of fused-ring (bicyclic) bond motifs is 1. The van der Waals surface area contributed by atoms with Crippen LogP contribution in [0.5, 0.6) is 0 Å². The van der Waals surface area contributed by atoms with Crippen molar-refractivity contribution in [3.05, 3.63) is 59.7 Å². The van der Waals surface area contributed by atoms with Crippen LogP contribution in [0.2, 0.25) is 0 Å². The zero-order chi connectivity index (χ0) is 21.3. The summed E-state index contributed by atoms with van der Waals surface area (Å²) in [6.45, 7) is 0. The molecule has 29 heavy (non-hydrogen) atoms. The Labute approximate surface area is 163 Å². The number of hydrogen-bond donors (Lipinski definition) is 4. The van der Waals surface area contributed by atoms with Gasteiger partial charge in [0.1, 0.15) is 0 Å². The standard InChI is InChI=1S/C18H13N3O7S/c19-15-3-4-16(13-2-1-12(8-14(13)15)29(26,27)28)21-20-11-6-9(17(22)23)5-10(7-11)18(24)25/h1-8H,19H2,(H,22,23)(H,24,25)(H,26,27,28)/b21-20+. The predicted octanol–water partition coefficient (Wildman–Crippen LogP) is 3.48. The van der Waals surface area contributed by atoms with Gasteiger partial charge in [0, 0.05) is 16.5 Å². The molecule has 0 spiro atoms. The Balaban J connectivity index is 2.11. The number of rotatable bonds is 5. The second-order valence-corrected chi connectivity index (χ2v) is 7.36.